The van der Waals surface area contributed by atoms with Gasteiger partial charge in [0.1, 0.15) is 0 Å². The van der Waals surface area contributed by atoms with Crippen LogP contribution in [0.4, 0.5) is 0 Å². The van der Waals surface area contributed by atoms with Gasteiger partial charge in [-0.3, -0.25) is 14.2 Å². The molecule has 1 aliphatic carbocycles. The van der Waals surface area contributed by atoms with Gasteiger partial charge in [0.25, 0.3) is 0 Å². The summed E-state index contributed by atoms with van der Waals surface area (Å²) in [6.07, 6.45) is 4.31. The maximum absolute atomic E-state index is 13.9. The number of aliphatic hydroxyl groups is 2. The Morgan fingerprint density at radius 1 is 0.892 bits per heavy atom. The van der Waals surface area contributed by atoms with Crippen molar-refractivity contribution < 1.29 is 15.0 Å². The van der Waals surface area contributed by atoms with E-state index in [0.29, 0.717) is 24.2 Å². The van der Waals surface area contributed by atoms with E-state index in [4.69, 9.17) is 0 Å². The van der Waals surface area contributed by atoms with Crippen LogP contribution in [0, 0.1) is 39.0 Å². The van der Waals surface area contributed by atoms with Crippen LogP contribution in [0.15, 0.2) is 41.5 Å². The summed E-state index contributed by atoms with van der Waals surface area (Å²) in [5.74, 6) is -0.0933. The molecule has 37 heavy (non-hydrogen) atoms. The molecule has 2 aromatic heterocycles. The molecule has 0 radical (unpaired) electrons. The average molecular weight is 500 g/mol. The van der Waals surface area contributed by atoms with Crippen molar-refractivity contribution in [2.75, 3.05) is 13.2 Å². The highest BCUT2D eigenvalue weighted by Gasteiger charge is 2.42. The summed E-state index contributed by atoms with van der Waals surface area (Å²) in [6, 6.07) is 12.2. The number of carbonyl (C=O) groups is 1. The van der Waals surface area contributed by atoms with Gasteiger partial charge >= 0.3 is 0 Å². The Balaban J connectivity index is 1.89. The summed E-state index contributed by atoms with van der Waals surface area (Å²) in [4.78, 5) is 13.9. The number of nitriles is 1. The SMILES string of the molecule is Cc1nn(CCO)c(C)c1/C=C1/CC(C#N)(c2ccccc2)C/C(=C/c2c(C)nn(CCO)c2C)C1=O. The number of allylic oxidation sites excluding steroid dienone is 2. The summed E-state index contributed by atoms with van der Waals surface area (Å²) < 4.78 is 3.48. The van der Waals surface area contributed by atoms with Crippen LogP contribution in [-0.2, 0) is 23.3 Å². The first kappa shape index (κ1) is 26.3. The van der Waals surface area contributed by atoms with Crippen LogP contribution in [0.3, 0.4) is 0 Å². The first-order valence-electron chi connectivity index (χ1n) is 12.5. The number of carbonyl (C=O) groups excluding carboxylic acids is 1. The fourth-order valence-corrected chi connectivity index (χ4v) is 5.23. The van der Waals surface area contributed by atoms with E-state index in [-0.39, 0.29) is 31.8 Å². The number of ketones is 1. The van der Waals surface area contributed by atoms with Gasteiger partial charge in [-0.25, -0.2) is 0 Å². The average Bonchev–Trinajstić information content (AvgIpc) is 3.31. The van der Waals surface area contributed by atoms with Crippen molar-refractivity contribution in [2.45, 2.75) is 59.0 Å². The van der Waals surface area contributed by atoms with Crippen LogP contribution in [0.2, 0.25) is 0 Å². The third-order valence-electron chi connectivity index (χ3n) is 7.24. The highest BCUT2D eigenvalue weighted by Crippen LogP contribution is 2.44. The lowest BCUT2D eigenvalue weighted by atomic mass is 9.66. The van der Waals surface area contributed by atoms with Crippen molar-refractivity contribution in [3.63, 3.8) is 0 Å². The quantitative estimate of drug-likeness (QED) is 0.480. The molecule has 3 aromatic rings. The lowest BCUT2D eigenvalue weighted by Gasteiger charge is -2.33. The zero-order chi connectivity index (χ0) is 26.7. The Kier molecular flexibility index (Phi) is 7.58. The van der Waals surface area contributed by atoms with E-state index < -0.39 is 5.41 Å². The number of aryl methyl sites for hydroxylation is 2. The summed E-state index contributed by atoms with van der Waals surface area (Å²) in [5, 5.41) is 38.4. The van der Waals surface area contributed by atoms with E-state index in [2.05, 4.69) is 16.3 Å². The zero-order valence-corrected chi connectivity index (χ0v) is 21.8. The molecule has 0 aliphatic heterocycles. The highest BCUT2D eigenvalue weighted by molar-refractivity contribution is 6.15. The molecule has 0 bridgehead atoms. The molecular formula is C29H33N5O3. The molecule has 1 fully saturated rings. The van der Waals surface area contributed by atoms with Crippen LogP contribution in [0.5, 0.6) is 0 Å². The van der Waals surface area contributed by atoms with E-state index in [1.165, 1.54) is 0 Å². The summed E-state index contributed by atoms with van der Waals surface area (Å²) in [7, 11) is 0. The fraction of sp³-hybridized carbons (Fsp3) is 0.379. The van der Waals surface area contributed by atoms with Crippen molar-refractivity contribution in [3.05, 3.63) is 80.9 Å². The number of benzene rings is 1. The number of Topliss-reactive ketones (excluding diaryl/α,β-unsaturated/α-hetero) is 1. The molecular weight excluding hydrogens is 466 g/mol. The monoisotopic (exact) mass is 499 g/mol. The van der Waals surface area contributed by atoms with Gasteiger partial charge in [-0.05, 0) is 58.3 Å². The minimum atomic E-state index is -0.904. The van der Waals surface area contributed by atoms with Gasteiger partial charge in [0.15, 0.2) is 5.78 Å². The van der Waals surface area contributed by atoms with Gasteiger partial charge < -0.3 is 10.2 Å². The third kappa shape index (κ3) is 4.93. The van der Waals surface area contributed by atoms with Crippen molar-refractivity contribution >= 4 is 17.9 Å². The van der Waals surface area contributed by atoms with Crippen LogP contribution in [0.25, 0.3) is 12.2 Å². The molecule has 0 unspecified atom stereocenters. The van der Waals surface area contributed by atoms with Crippen molar-refractivity contribution in [1.29, 1.82) is 5.26 Å². The number of hydrogen-bond donors (Lipinski definition) is 2. The molecule has 2 N–H and O–H groups in total. The molecule has 1 aromatic carbocycles. The minimum Gasteiger partial charge on any atom is -0.394 e. The first-order chi connectivity index (χ1) is 17.7. The Morgan fingerprint density at radius 2 is 1.35 bits per heavy atom. The Labute approximate surface area is 217 Å². The van der Waals surface area contributed by atoms with Crippen molar-refractivity contribution in [3.8, 4) is 6.07 Å². The molecule has 0 amide bonds. The Bertz CT molecular complexity index is 1340. The molecule has 1 aliphatic rings. The Morgan fingerprint density at radius 3 is 1.76 bits per heavy atom. The molecule has 0 spiro atoms. The normalized spacial score (nSPS) is 20.1. The van der Waals surface area contributed by atoms with E-state index in [1.807, 2.05) is 70.2 Å². The predicted molar refractivity (Wildman–Crippen MR) is 142 cm³/mol. The molecule has 1 saturated carbocycles. The van der Waals surface area contributed by atoms with E-state index in [0.717, 1.165) is 39.5 Å². The summed E-state index contributed by atoms with van der Waals surface area (Å²) >= 11 is 0. The molecule has 192 valence electrons. The maximum Gasteiger partial charge on any atom is 0.185 e. The van der Waals surface area contributed by atoms with Crippen LogP contribution < -0.4 is 0 Å². The lowest BCUT2D eigenvalue weighted by Crippen LogP contribution is -2.33. The molecule has 8 heteroatoms. The lowest BCUT2D eigenvalue weighted by molar-refractivity contribution is -0.113. The van der Waals surface area contributed by atoms with Gasteiger partial charge in [-0.15, -0.1) is 0 Å². The second-order valence-corrected chi connectivity index (χ2v) is 9.64. The fourth-order valence-electron chi connectivity index (χ4n) is 5.23. The van der Waals surface area contributed by atoms with Gasteiger partial charge in [0.2, 0.25) is 0 Å². The second kappa shape index (κ2) is 10.7. The second-order valence-electron chi connectivity index (χ2n) is 9.64. The summed E-state index contributed by atoms with van der Waals surface area (Å²) in [6.45, 7) is 8.29. The predicted octanol–water partition coefficient (Wildman–Crippen LogP) is 3.59. The zero-order valence-electron chi connectivity index (χ0n) is 21.8. The minimum absolute atomic E-state index is 0.0298. The van der Waals surface area contributed by atoms with Gasteiger partial charge in [-0.2, -0.15) is 15.5 Å². The molecule has 0 saturated heterocycles. The number of aliphatic hydroxyl groups excluding tert-OH is 2. The highest BCUT2D eigenvalue weighted by atomic mass is 16.3. The van der Waals surface area contributed by atoms with Crippen molar-refractivity contribution in [1.82, 2.24) is 19.6 Å². The Hall–Kier alpha value is -3.80. The topological polar surface area (TPSA) is 117 Å². The standard InChI is InChI=1S/C29H33N5O3/c1-19-26(21(3)33(31-19)10-12-35)14-23-16-29(18-30,25-8-6-5-7-9-25)17-24(28(23)37)15-27-20(2)32-34(11-13-36)22(27)4/h5-9,14-15,35-36H,10-13,16-17H2,1-4H3/b23-14-,24-15-. The maximum atomic E-state index is 13.9. The number of aromatic nitrogens is 4. The van der Waals surface area contributed by atoms with Gasteiger partial charge in [0.05, 0.1) is 49.2 Å². The van der Waals surface area contributed by atoms with Gasteiger partial charge in [0, 0.05) is 33.7 Å². The van der Waals surface area contributed by atoms with Crippen LogP contribution in [-0.4, -0.2) is 48.8 Å². The molecule has 0 atom stereocenters. The summed E-state index contributed by atoms with van der Waals surface area (Å²) in [5.41, 5.74) is 6.00. The van der Waals surface area contributed by atoms with Crippen molar-refractivity contribution in [2.24, 2.45) is 0 Å². The third-order valence-corrected chi connectivity index (χ3v) is 7.24. The first-order valence-corrected chi connectivity index (χ1v) is 12.5. The smallest absolute Gasteiger partial charge is 0.185 e. The largest absolute Gasteiger partial charge is 0.394 e. The van der Waals surface area contributed by atoms with Crippen LogP contribution >= 0.6 is 0 Å². The number of hydrogen-bond acceptors (Lipinski definition) is 6. The number of nitrogens with zero attached hydrogens (tertiary/aromatic N) is 5. The molecule has 4 rings (SSSR count). The molecule has 2 heterocycles. The van der Waals surface area contributed by atoms with E-state index in [1.54, 1.807) is 9.36 Å². The number of rotatable bonds is 7. The van der Waals surface area contributed by atoms with E-state index in [9.17, 15) is 20.3 Å². The molecule has 8 nitrogen and oxygen atoms in total. The van der Waals surface area contributed by atoms with Crippen LogP contribution in [0.1, 0.15) is 52.3 Å². The van der Waals surface area contributed by atoms with Gasteiger partial charge in [-0.1, -0.05) is 30.3 Å². The van der Waals surface area contributed by atoms with E-state index >= 15 is 0 Å².